The number of alkyl halides is 3. The fraction of sp³-hybridized carbons (Fsp3) is 0.357. The third-order valence-corrected chi connectivity index (χ3v) is 7.23. The number of nitrogens with zero attached hydrogens (tertiary/aromatic N) is 4. The molecule has 1 aliphatic rings. The highest BCUT2D eigenvalue weighted by Crippen LogP contribution is 2.38. The van der Waals surface area contributed by atoms with Gasteiger partial charge in [0.2, 0.25) is 10.0 Å². The first kappa shape index (κ1) is 18.8. The number of rotatable bonds is 6. The van der Waals surface area contributed by atoms with Crippen LogP contribution in [0.25, 0.3) is 16.3 Å². The van der Waals surface area contributed by atoms with Crippen LogP contribution in [0.4, 0.5) is 13.2 Å². The summed E-state index contributed by atoms with van der Waals surface area (Å²) in [5.74, 6) is 0. The Bertz CT molecular complexity index is 1130. The average molecular weight is 482 g/mol. The Kier molecular flexibility index (Phi) is 4.52. The van der Waals surface area contributed by atoms with E-state index in [0.29, 0.717) is 40.0 Å². The second kappa shape index (κ2) is 6.50. The van der Waals surface area contributed by atoms with Gasteiger partial charge in [0.1, 0.15) is 12.4 Å². The van der Waals surface area contributed by atoms with E-state index in [9.17, 15) is 21.6 Å². The van der Waals surface area contributed by atoms with Gasteiger partial charge < -0.3 is 0 Å². The normalized spacial score (nSPS) is 16.3. The summed E-state index contributed by atoms with van der Waals surface area (Å²) in [6.07, 6.45) is 0.803. The van der Waals surface area contributed by atoms with Gasteiger partial charge in [-0.1, -0.05) is 11.3 Å². The molecule has 1 N–H and O–H groups in total. The van der Waals surface area contributed by atoms with Crippen LogP contribution in [0.5, 0.6) is 0 Å². The number of sulfonamides is 1. The Morgan fingerprint density at radius 3 is 2.70 bits per heavy atom. The van der Waals surface area contributed by atoms with Gasteiger partial charge in [0.15, 0.2) is 15.7 Å². The Morgan fingerprint density at radius 2 is 2.11 bits per heavy atom. The molecule has 0 saturated heterocycles. The monoisotopic (exact) mass is 481 g/mol. The number of hydrogen-bond acceptors (Lipinski definition) is 6. The second-order valence-corrected chi connectivity index (χ2v) is 9.67. The highest BCUT2D eigenvalue weighted by molar-refractivity contribution is 9.10. The fourth-order valence-electron chi connectivity index (χ4n) is 2.51. The second-order valence-electron chi connectivity index (χ2n) is 6.13. The minimum absolute atomic E-state index is 0.112. The number of aromatic nitrogens is 4. The molecule has 0 spiro atoms. The zero-order valence-corrected chi connectivity index (χ0v) is 16.6. The van der Waals surface area contributed by atoms with Crippen molar-refractivity contribution >= 4 is 42.9 Å². The van der Waals surface area contributed by atoms with Crippen molar-refractivity contribution in [3.8, 4) is 10.7 Å². The van der Waals surface area contributed by atoms with Gasteiger partial charge in [-0.2, -0.15) is 0 Å². The first-order valence-corrected chi connectivity index (χ1v) is 10.7. The Labute approximate surface area is 163 Å². The maximum Gasteiger partial charge on any atom is 0.291 e. The molecule has 27 heavy (non-hydrogen) atoms. The molecule has 1 fully saturated rings. The van der Waals surface area contributed by atoms with Crippen LogP contribution in [0, 0.1) is 0 Å². The third kappa shape index (κ3) is 3.37. The van der Waals surface area contributed by atoms with E-state index in [4.69, 9.17) is 0 Å². The van der Waals surface area contributed by atoms with Crippen LogP contribution in [0.2, 0.25) is 0 Å². The summed E-state index contributed by atoms with van der Waals surface area (Å²) in [6.45, 7) is -0.785. The quantitative estimate of drug-likeness (QED) is 0.583. The molecule has 7 nitrogen and oxygen atoms in total. The van der Waals surface area contributed by atoms with Gasteiger partial charge in [0.25, 0.3) is 6.43 Å². The minimum atomic E-state index is -3.99. The number of hydrogen-bond donors (Lipinski definition) is 1. The molecule has 144 valence electrons. The predicted molar refractivity (Wildman–Crippen MR) is 95.0 cm³/mol. The molecule has 1 saturated carbocycles. The maximum absolute atomic E-state index is 13.1. The van der Waals surface area contributed by atoms with E-state index in [0.717, 1.165) is 0 Å². The Balaban J connectivity index is 1.80. The molecule has 13 heteroatoms. The van der Waals surface area contributed by atoms with Crippen LogP contribution >= 0.6 is 27.3 Å². The number of pyridine rings is 1. The summed E-state index contributed by atoms with van der Waals surface area (Å²) >= 11 is 3.96. The van der Waals surface area contributed by atoms with E-state index in [-0.39, 0.29) is 9.90 Å². The van der Waals surface area contributed by atoms with Crippen LogP contribution in [0.3, 0.4) is 0 Å². The lowest BCUT2D eigenvalue weighted by atomic mass is 10.3. The van der Waals surface area contributed by atoms with E-state index in [1.807, 2.05) is 0 Å². The minimum Gasteiger partial charge on any atom is -0.295 e. The molecule has 0 amide bonds. The molecule has 0 atom stereocenters. The van der Waals surface area contributed by atoms with E-state index < -0.39 is 33.7 Å². The van der Waals surface area contributed by atoms with Gasteiger partial charge in [0, 0.05) is 6.20 Å². The van der Waals surface area contributed by atoms with Crippen LogP contribution in [-0.2, 0) is 10.0 Å². The van der Waals surface area contributed by atoms with E-state index in [1.165, 1.54) is 22.9 Å². The van der Waals surface area contributed by atoms with Crippen molar-refractivity contribution in [1.82, 2.24) is 24.3 Å². The lowest BCUT2D eigenvalue weighted by molar-refractivity contribution is 0.150. The van der Waals surface area contributed by atoms with Crippen molar-refractivity contribution < 1.29 is 21.6 Å². The van der Waals surface area contributed by atoms with Gasteiger partial charge in [-0.05, 0) is 34.8 Å². The van der Waals surface area contributed by atoms with E-state index in [1.54, 1.807) is 0 Å². The maximum atomic E-state index is 13.1. The lowest BCUT2D eigenvalue weighted by Gasteiger charge is -2.14. The Hall–Kier alpha value is -1.57. The molecular weight excluding hydrogens is 471 g/mol. The van der Waals surface area contributed by atoms with Crippen LogP contribution in [0.1, 0.15) is 24.3 Å². The van der Waals surface area contributed by atoms with Crippen molar-refractivity contribution in [2.24, 2.45) is 0 Å². The lowest BCUT2D eigenvalue weighted by Crippen LogP contribution is -2.38. The molecule has 3 aromatic heterocycles. The topological polar surface area (TPSA) is 89.2 Å². The van der Waals surface area contributed by atoms with Gasteiger partial charge in [-0.15, -0.1) is 10.2 Å². The SMILES string of the molecule is O=S(=O)(NC1(CF)CC1)c1cc(Br)c2ncc(-c3nnc(C(F)F)s3)n2c1. The largest absolute Gasteiger partial charge is 0.295 e. The predicted octanol–water partition coefficient (Wildman–Crippen LogP) is 3.33. The number of halogens is 4. The fourth-order valence-corrected chi connectivity index (χ4v) is 5.37. The molecule has 0 unspecified atom stereocenters. The molecule has 0 bridgehead atoms. The van der Waals surface area contributed by atoms with Crippen molar-refractivity contribution in [3.05, 3.63) is 27.9 Å². The molecule has 4 rings (SSSR count). The molecule has 0 radical (unpaired) electrons. The van der Waals surface area contributed by atoms with Crippen LogP contribution in [0.15, 0.2) is 27.8 Å². The van der Waals surface area contributed by atoms with E-state index >= 15 is 0 Å². The van der Waals surface area contributed by atoms with E-state index in [2.05, 4.69) is 35.8 Å². The standard InChI is InChI=1S/C14H11BrF3N5O2S2/c15-8-3-7(27(24,25)22-14(6-16)1-2-14)5-23-9(4-19-11(8)23)12-20-21-13(26-12)10(17)18/h3-5,10,22H,1-2,6H2. The highest BCUT2D eigenvalue weighted by Gasteiger charge is 2.46. The van der Waals surface area contributed by atoms with Crippen LogP contribution in [-0.4, -0.2) is 40.2 Å². The summed E-state index contributed by atoms with van der Waals surface area (Å²) in [6, 6.07) is 1.35. The molecule has 1 aliphatic carbocycles. The molecule has 3 heterocycles. The van der Waals surface area contributed by atoms with Gasteiger partial charge in [-0.3, -0.25) is 4.40 Å². The van der Waals surface area contributed by atoms with Gasteiger partial charge in [0.05, 0.1) is 21.1 Å². The number of imidazole rings is 1. The number of nitrogens with one attached hydrogen (secondary N) is 1. The molecule has 0 aromatic carbocycles. The summed E-state index contributed by atoms with van der Waals surface area (Å²) in [5, 5.41) is 6.90. The first-order chi connectivity index (χ1) is 12.7. The molecular formula is C14H11BrF3N5O2S2. The smallest absolute Gasteiger partial charge is 0.291 e. The van der Waals surface area contributed by atoms with Crippen LogP contribution < -0.4 is 4.72 Å². The summed E-state index contributed by atoms with van der Waals surface area (Å²) < 4.78 is 68.1. The van der Waals surface area contributed by atoms with Crippen molar-refractivity contribution in [3.63, 3.8) is 0 Å². The summed E-state index contributed by atoms with van der Waals surface area (Å²) in [5.41, 5.74) is -0.341. The van der Waals surface area contributed by atoms with Crippen molar-refractivity contribution in [2.45, 2.75) is 29.7 Å². The first-order valence-electron chi connectivity index (χ1n) is 7.63. The van der Waals surface area contributed by atoms with Gasteiger partial charge >= 0.3 is 0 Å². The number of fused-ring (bicyclic) bond motifs is 1. The molecule has 0 aliphatic heterocycles. The Morgan fingerprint density at radius 1 is 1.37 bits per heavy atom. The zero-order valence-electron chi connectivity index (χ0n) is 13.4. The summed E-state index contributed by atoms with van der Waals surface area (Å²) in [4.78, 5) is 4.06. The highest BCUT2D eigenvalue weighted by atomic mass is 79.9. The third-order valence-electron chi connectivity index (χ3n) is 4.15. The zero-order chi connectivity index (χ0) is 19.4. The van der Waals surface area contributed by atoms with Gasteiger partial charge in [-0.25, -0.2) is 31.3 Å². The molecule has 3 aromatic rings. The average Bonchev–Trinajstić information content (AvgIpc) is 3.03. The summed E-state index contributed by atoms with van der Waals surface area (Å²) in [7, 11) is -3.99. The van der Waals surface area contributed by atoms with Crippen molar-refractivity contribution in [1.29, 1.82) is 0 Å². The van der Waals surface area contributed by atoms with Crippen molar-refractivity contribution in [2.75, 3.05) is 6.67 Å².